The minimum absolute atomic E-state index is 0.0389. The lowest BCUT2D eigenvalue weighted by Gasteiger charge is -2.47. The van der Waals surface area contributed by atoms with Crippen LogP contribution in [0.2, 0.25) is 0 Å². The van der Waals surface area contributed by atoms with Crippen molar-refractivity contribution >= 4 is 23.6 Å². The van der Waals surface area contributed by atoms with E-state index in [9.17, 15) is 18.4 Å². The Labute approximate surface area is 166 Å². The van der Waals surface area contributed by atoms with Gasteiger partial charge in [0.2, 0.25) is 0 Å². The smallest absolute Gasteiger partial charge is 0.414 e. The van der Waals surface area contributed by atoms with Crippen LogP contribution >= 0.6 is 0 Å². The van der Waals surface area contributed by atoms with E-state index >= 15 is 0 Å². The Kier molecular flexibility index (Phi) is 5.20. The van der Waals surface area contributed by atoms with Crippen LogP contribution in [0, 0.1) is 17.0 Å². The summed E-state index contributed by atoms with van der Waals surface area (Å²) in [6.07, 6.45) is -0.353. The molecule has 3 fully saturated rings. The van der Waals surface area contributed by atoms with Gasteiger partial charge in [0.15, 0.2) is 11.6 Å². The molecule has 3 saturated heterocycles. The number of cyclic esters (lactones) is 1. The van der Waals surface area contributed by atoms with Gasteiger partial charge in [0.05, 0.1) is 39.1 Å². The van der Waals surface area contributed by atoms with E-state index in [-0.39, 0.29) is 29.9 Å². The van der Waals surface area contributed by atoms with Crippen molar-refractivity contribution in [2.75, 3.05) is 56.3 Å². The third-order valence-corrected chi connectivity index (χ3v) is 5.80. The van der Waals surface area contributed by atoms with Crippen LogP contribution in [0.15, 0.2) is 12.1 Å². The third kappa shape index (κ3) is 3.81. The van der Waals surface area contributed by atoms with Gasteiger partial charge in [-0.25, -0.2) is 18.4 Å². The molecule has 0 unspecified atom stereocenters. The Hall–Kier alpha value is -2.62. The van der Waals surface area contributed by atoms with Crippen molar-refractivity contribution in [2.45, 2.75) is 18.9 Å². The number of amides is 2. The van der Waals surface area contributed by atoms with Gasteiger partial charge < -0.3 is 24.4 Å². The molecule has 1 aromatic carbocycles. The average molecular weight is 411 g/mol. The maximum absolute atomic E-state index is 14.8. The zero-order valence-corrected chi connectivity index (χ0v) is 16.1. The van der Waals surface area contributed by atoms with Crippen LogP contribution in [0.25, 0.3) is 0 Å². The summed E-state index contributed by atoms with van der Waals surface area (Å²) in [5.74, 6) is -1.44. The summed E-state index contributed by atoms with van der Waals surface area (Å²) in [4.78, 5) is 26.1. The number of carbonyl (C=O) groups is 2. The number of rotatable bonds is 4. The van der Waals surface area contributed by atoms with Crippen LogP contribution in [0.4, 0.5) is 29.7 Å². The Morgan fingerprint density at radius 3 is 2.48 bits per heavy atom. The molecule has 0 bridgehead atoms. The second kappa shape index (κ2) is 7.66. The molecule has 158 valence electrons. The summed E-state index contributed by atoms with van der Waals surface area (Å²) in [5, 5.41) is 2.43. The molecule has 0 aromatic heterocycles. The largest absolute Gasteiger partial charge is 0.453 e. The van der Waals surface area contributed by atoms with Gasteiger partial charge in [0.1, 0.15) is 11.8 Å². The van der Waals surface area contributed by atoms with E-state index in [1.54, 1.807) is 4.90 Å². The number of anilines is 2. The Balaban J connectivity index is 1.44. The number of piperidine rings is 1. The molecule has 0 saturated carbocycles. The van der Waals surface area contributed by atoms with Gasteiger partial charge in [-0.15, -0.1) is 0 Å². The highest BCUT2D eigenvalue weighted by molar-refractivity contribution is 5.90. The predicted molar refractivity (Wildman–Crippen MR) is 99.1 cm³/mol. The van der Waals surface area contributed by atoms with E-state index < -0.39 is 29.9 Å². The van der Waals surface area contributed by atoms with Crippen molar-refractivity contribution in [1.29, 1.82) is 0 Å². The zero-order chi connectivity index (χ0) is 20.6. The first-order valence-corrected chi connectivity index (χ1v) is 9.52. The lowest BCUT2D eigenvalue weighted by molar-refractivity contribution is -0.124. The Morgan fingerprint density at radius 2 is 1.93 bits per heavy atom. The Morgan fingerprint density at radius 1 is 1.28 bits per heavy atom. The van der Waals surface area contributed by atoms with Crippen molar-refractivity contribution in [3.63, 3.8) is 0 Å². The van der Waals surface area contributed by atoms with E-state index in [2.05, 4.69) is 10.1 Å². The molecule has 8 nitrogen and oxygen atoms in total. The summed E-state index contributed by atoms with van der Waals surface area (Å²) < 4.78 is 44.5. The zero-order valence-electron chi connectivity index (χ0n) is 16.1. The molecule has 0 aliphatic carbocycles. The summed E-state index contributed by atoms with van der Waals surface area (Å²) >= 11 is 0. The molecule has 1 atom stereocenters. The second-order valence-electron chi connectivity index (χ2n) is 7.73. The van der Waals surface area contributed by atoms with E-state index in [1.807, 2.05) is 0 Å². The monoisotopic (exact) mass is 411 g/mol. The number of hydrogen-bond acceptors (Lipinski definition) is 6. The maximum Gasteiger partial charge on any atom is 0.414 e. The van der Waals surface area contributed by atoms with E-state index in [1.165, 1.54) is 7.11 Å². The minimum atomic E-state index is -0.724. The fraction of sp³-hybridized carbons (Fsp3) is 0.579. The number of methoxy groups -OCH3 is 1. The average Bonchev–Trinajstić information content (AvgIpc) is 3.05. The van der Waals surface area contributed by atoms with Crippen LogP contribution in [-0.4, -0.2) is 64.8 Å². The number of halogens is 2. The third-order valence-electron chi connectivity index (χ3n) is 5.80. The summed E-state index contributed by atoms with van der Waals surface area (Å²) in [7, 11) is 1.22. The van der Waals surface area contributed by atoms with Gasteiger partial charge in [-0.2, -0.15) is 0 Å². The SMILES string of the molecule is COC(=O)NC[C@H]1CN(c2cc(F)c(N3CCC4(CC3)COC4)c(F)c2)C(=O)O1. The van der Waals surface area contributed by atoms with Crippen molar-refractivity contribution in [3.8, 4) is 0 Å². The summed E-state index contributed by atoms with van der Waals surface area (Å²) in [6.45, 7) is 2.65. The van der Waals surface area contributed by atoms with Crippen LogP contribution in [0.5, 0.6) is 0 Å². The van der Waals surface area contributed by atoms with E-state index in [4.69, 9.17) is 9.47 Å². The van der Waals surface area contributed by atoms with Crippen molar-refractivity contribution in [2.24, 2.45) is 5.41 Å². The molecule has 1 N–H and O–H groups in total. The number of ether oxygens (including phenoxy) is 3. The minimum Gasteiger partial charge on any atom is -0.453 e. The quantitative estimate of drug-likeness (QED) is 0.819. The van der Waals surface area contributed by atoms with Crippen molar-refractivity contribution < 1.29 is 32.6 Å². The van der Waals surface area contributed by atoms with E-state index in [0.29, 0.717) is 26.3 Å². The number of nitrogens with zero attached hydrogens (tertiary/aromatic N) is 2. The molecule has 3 aliphatic rings. The number of nitrogens with one attached hydrogen (secondary N) is 1. The van der Waals surface area contributed by atoms with Gasteiger partial charge in [-0.1, -0.05) is 0 Å². The highest BCUT2D eigenvalue weighted by atomic mass is 19.1. The van der Waals surface area contributed by atoms with Crippen LogP contribution in [0.3, 0.4) is 0 Å². The van der Waals surface area contributed by atoms with Gasteiger partial charge in [-0.3, -0.25) is 4.90 Å². The molecule has 10 heteroatoms. The second-order valence-corrected chi connectivity index (χ2v) is 7.73. The Bertz CT molecular complexity index is 784. The standard InChI is InChI=1S/C19H23F2N3O5/c1-27-17(25)22-8-13-9-24(18(26)29-13)12-6-14(20)16(15(21)7-12)23-4-2-19(3-5-23)10-28-11-19/h6-7,13H,2-5,8-11H2,1H3,(H,22,25)/t13-/m0/s1. The van der Waals surface area contributed by atoms with Crippen molar-refractivity contribution in [1.82, 2.24) is 5.32 Å². The van der Waals surface area contributed by atoms with Crippen LogP contribution < -0.4 is 15.1 Å². The van der Waals surface area contributed by atoms with Crippen LogP contribution in [-0.2, 0) is 14.2 Å². The number of benzene rings is 1. The first kappa shape index (κ1) is 19.7. The molecule has 29 heavy (non-hydrogen) atoms. The lowest BCUT2D eigenvalue weighted by Crippen LogP contribution is -2.51. The molecular weight excluding hydrogens is 388 g/mol. The normalized spacial score (nSPS) is 23.0. The first-order valence-electron chi connectivity index (χ1n) is 9.52. The lowest BCUT2D eigenvalue weighted by atomic mass is 9.77. The number of carbonyl (C=O) groups excluding carboxylic acids is 2. The highest BCUT2D eigenvalue weighted by Crippen LogP contribution is 2.41. The molecule has 1 spiro atoms. The molecular formula is C19H23F2N3O5. The van der Waals surface area contributed by atoms with Gasteiger partial charge in [-0.05, 0) is 12.8 Å². The molecule has 1 aromatic rings. The molecule has 0 radical (unpaired) electrons. The van der Waals surface area contributed by atoms with Gasteiger partial charge >= 0.3 is 12.2 Å². The first-order chi connectivity index (χ1) is 13.9. The van der Waals surface area contributed by atoms with E-state index in [0.717, 1.165) is 29.9 Å². The number of hydrogen-bond donors (Lipinski definition) is 1. The van der Waals surface area contributed by atoms with Gasteiger partial charge in [0, 0.05) is 30.6 Å². The van der Waals surface area contributed by atoms with Gasteiger partial charge in [0.25, 0.3) is 0 Å². The molecule has 4 rings (SSSR count). The summed E-state index contributed by atoms with van der Waals surface area (Å²) in [6, 6.07) is 2.29. The summed E-state index contributed by atoms with van der Waals surface area (Å²) in [5.41, 5.74) is 0.172. The fourth-order valence-electron chi connectivity index (χ4n) is 4.00. The van der Waals surface area contributed by atoms with Crippen LogP contribution in [0.1, 0.15) is 12.8 Å². The molecule has 2 amide bonds. The molecule has 3 aliphatic heterocycles. The molecule has 3 heterocycles. The fourth-order valence-corrected chi connectivity index (χ4v) is 4.00. The predicted octanol–water partition coefficient (Wildman–Crippen LogP) is 2.26. The van der Waals surface area contributed by atoms with Crippen molar-refractivity contribution in [3.05, 3.63) is 23.8 Å². The number of alkyl carbamates (subject to hydrolysis) is 1. The highest BCUT2D eigenvalue weighted by Gasteiger charge is 2.42. The maximum atomic E-state index is 14.8. The topological polar surface area (TPSA) is 80.3 Å².